The topological polar surface area (TPSA) is 111 Å². The van der Waals surface area contributed by atoms with Crippen LogP contribution in [0.2, 0.25) is 0 Å². The molecule has 7 nitrogen and oxygen atoms in total. The van der Waals surface area contributed by atoms with E-state index in [1.54, 1.807) is 0 Å². The van der Waals surface area contributed by atoms with Crippen molar-refractivity contribution in [1.29, 1.82) is 0 Å². The van der Waals surface area contributed by atoms with Crippen LogP contribution in [0.25, 0.3) is 0 Å². The summed E-state index contributed by atoms with van der Waals surface area (Å²) in [6.07, 6.45) is 3.62. The molecule has 2 heterocycles. The van der Waals surface area contributed by atoms with Gasteiger partial charge in [0.2, 0.25) is 0 Å². The highest BCUT2D eigenvalue weighted by Crippen LogP contribution is 2.39. The van der Waals surface area contributed by atoms with Gasteiger partial charge in [-0.25, -0.2) is 0 Å². The minimum absolute atomic E-state index is 0.140. The molecule has 1 aromatic carbocycles. The summed E-state index contributed by atoms with van der Waals surface area (Å²) < 4.78 is 16.2. The van der Waals surface area contributed by atoms with Crippen molar-refractivity contribution >= 4 is 5.97 Å². The number of fused-ring (bicyclic) bond motifs is 4. The molecule has 0 radical (unpaired) electrons. The summed E-state index contributed by atoms with van der Waals surface area (Å²) >= 11 is 0. The highest BCUT2D eigenvalue weighted by molar-refractivity contribution is 5.69. The van der Waals surface area contributed by atoms with E-state index >= 15 is 0 Å². The highest BCUT2D eigenvalue weighted by Gasteiger charge is 2.41. The van der Waals surface area contributed by atoms with Crippen LogP contribution in [0.1, 0.15) is 37.7 Å². The van der Waals surface area contributed by atoms with Gasteiger partial charge in [0.15, 0.2) is 0 Å². The largest absolute Gasteiger partial charge is 0.461 e. The molecule has 32 heavy (non-hydrogen) atoms. The minimum atomic E-state index is -0.254. The Kier molecular flexibility index (Phi) is 8.18. The molecule has 4 atom stereocenters. The van der Waals surface area contributed by atoms with E-state index in [1.165, 1.54) is 0 Å². The van der Waals surface area contributed by atoms with Crippen molar-refractivity contribution in [1.82, 2.24) is 0 Å². The molecule has 4 fully saturated rings. The molecular weight excluding hydrogens is 410 g/mol. The second kappa shape index (κ2) is 11.1. The number of esters is 1. The summed E-state index contributed by atoms with van der Waals surface area (Å²) in [5.74, 6) is 1.15. The smallest absolute Gasteiger partial charge is 0.306 e. The molecule has 7 heteroatoms. The molecule has 4 N–H and O–H groups in total. The Bertz CT molecular complexity index is 702. The van der Waals surface area contributed by atoms with Crippen LogP contribution in [-0.4, -0.2) is 60.9 Å². The van der Waals surface area contributed by atoms with Gasteiger partial charge in [0.05, 0.1) is 38.6 Å². The Morgan fingerprint density at radius 3 is 1.91 bits per heavy atom. The molecule has 2 aliphatic heterocycles. The lowest BCUT2D eigenvalue weighted by Gasteiger charge is -2.42. The second-order valence-corrected chi connectivity index (χ2v) is 10.0. The van der Waals surface area contributed by atoms with Crippen LogP contribution in [0.4, 0.5) is 0 Å². The lowest BCUT2D eigenvalue weighted by atomic mass is 9.71. The van der Waals surface area contributed by atoms with Crippen molar-refractivity contribution in [2.75, 3.05) is 26.4 Å². The third kappa shape index (κ3) is 6.08. The van der Waals surface area contributed by atoms with Crippen molar-refractivity contribution in [2.24, 2.45) is 35.3 Å². The first-order valence-electron chi connectivity index (χ1n) is 12.0. The standard InChI is InChI=1S/C17H22O4.C8H15NO2/c18-16(21-9-12-4-2-1-3-5-12)8-13-6-14-10-20-11-15(7-13)17(14)19;9-7-1-5-3-11-4-6(2-7)8(5)10/h1-5,13-15,17,19H,6-11H2;5-8,10H,1-4,9H2. The Morgan fingerprint density at radius 1 is 0.875 bits per heavy atom. The Labute approximate surface area is 190 Å². The third-order valence-corrected chi connectivity index (χ3v) is 7.44. The van der Waals surface area contributed by atoms with Gasteiger partial charge in [-0.05, 0) is 37.2 Å². The maximum Gasteiger partial charge on any atom is 0.306 e. The summed E-state index contributed by atoms with van der Waals surface area (Å²) in [6, 6.07) is 10.0. The summed E-state index contributed by atoms with van der Waals surface area (Å²) in [5, 5.41) is 19.8. The van der Waals surface area contributed by atoms with Gasteiger partial charge in [-0.15, -0.1) is 0 Å². The number of hydrogen-bond acceptors (Lipinski definition) is 7. The number of rotatable bonds is 4. The lowest BCUT2D eigenvalue weighted by Crippen LogP contribution is -2.49. The van der Waals surface area contributed by atoms with Gasteiger partial charge in [-0.3, -0.25) is 4.79 Å². The second-order valence-electron chi connectivity index (χ2n) is 10.0. The summed E-state index contributed by atoms with van der Waals surface area (Å²) in [4.78, 5) is 12.0. The molecule has 4 unspecified atom stereocenters. The van der Waals surface area contributed by atoms with Gasteiger partial charge >= 0.3 is 5.97 Å². The maximum atomic E-state index is 12.0. The number of carbonyl (C=O) groups is 1. The van der Waals surface area contributed by atoms with Gasteiger partial charge < -0.3 is 30.2 Å². The van der Waals surface area contributed by atoms with Gasteiger partial charge in [0.1, 0.15) is 6.61 Å². The van der Waals surface area contributed by atoms with Crippen molar-refractivity contribution < 1.29 is 29.2 Å². The quantitative estimate of drug-likeness (QED) is 0.605. The number of aliphatic hydroxyl groups excluding tert-OH is 2. The van der Waals surface area contributed by atoms with Gasteiger partial charge in [-0.2, -0.15) is 0 Å². The average molecular weight is 448 g/mol. The molecule has 1 aromatic rings. The first-order valence-corrected chi connectivity index (χ1v) is 12.0. The van der Waals surface area contributed by atoms with Crippen LogP contribution in [0.3, 0.4) is 0 Å². The summed E-state index contributed by atoms with van der Waals surface area (Å²) in [5.41, 5.74) is 6.83. The first-order chi connectivity index (χ1) is 15.5. The molecule has 4 aliphatic rings. The number of carbonyl (C=O) groups excluding carboxylic acids is 1. The number of hydrogen-bond donors (Lipinski definition) is 3. The van der Waals surface area contributed by atoms with E-state index in [4.69, 9.17) is 19.9 Å². The van der Waals surface area contributed by atoms with E-state index in [9.17, 15) is 15.0 Å². The number of aliphatic hydroxyl groups is 2. The molecule has 2 saturated carbocycles. The summed E-state index contributed by atoms with van der Waals surface area (Å²) in [7, 11) is 0. The Hall–Kier alpha value is -1.51. The number of ether oxygens (including phenoxy) is 3. The van der Waals surface area contributed by atoms with E-state index in [2.05, 4.69) is 0 Å². The number of benzene rings is 1. The zero-order valence-corrected chi connectivity index (χ0v) is 18.7. The van der Waals surface area contributed by atoms with Crippen molar-refractivity contribution in [3.05, 3.63) is 35.9 Å². The van der Waals surface area contributed by atoms with E-state index in [1.807, 2.05) is 30.3 Å². The molecule has 178 valence electrons. The predicted molar refractivity (Wildman–Crippen MR) is 118 cm³/mol. The van der Waals surface area contributed by atoms with Gasteiger partial charge in [0.25, 0.3) is 0 Å². The normalized spacial score (nSPS) is 38.2. The van der Waals surface area contributed by atoms with Gasteiger partial charge in [0, 0.05) is 36.1 Å². The van der Waals surface area contributed by atoms with Gasteiger partial charge in [-0.1, -0.05) is 30.3 Å². The molecule has 0 amide bonds. The first kappa shape index (κ1) is 23.6. The minimum Gasteiger partial charge on any atom is -0.461 e. The van der Waals surface area contributed by atoms with E-state index in [0.717, 1.165) is 31.2 Å². The molecule has 4 bridgehead atoms. The molecular formula is C25H37NO6. The van der Waals surface area contributed by atoms with Crippen molar-refractivity contribution in [3.63, 3.8) is 0 Å². The zero-order chi connectivity index (χ0) is 22.5. The monoisotopic (exact) mass is 447 g/mol. The van der Waals surface area contributed by atoms with Crippen LogP contribution < -0.4 is 5.73 Å². The van der Waals surface area contributed by atoms with Crippen molar-refractivity contribution in [3.8, 4) is 0 Å². The third-order valence-electron chi connectivity index (χ3n) is 7.44. The fourth-order valence-electron chi connectivity index (χ4n) is 5.76. The highest BCUT2D eigenvalue weighted by atomic mass is 16.5. The molecule has 0 aromatic heterocycles. The fraction of sp³-hybridized carbons (Fsp3) is 0.720. The number of nitrogens with two attached hydrogens (primary N) is 1. The average Bonchev–Trinajstić information content (AvgIpc) is 2.75. The van der Waals surface area contributed by atoms with E-state index in [0.29, 0.717) is 57.2 Å². The SMILES string of the molecule is NC1CC2COCC(C1)C2O.O=C(CC1CC2COCC(C1)C2O)OCc1ccccc1. The predicted octanol–water partition coefficient (Wildman–Crippen LogP) is 1.88. The van der Waals surface area contributed by atoms with Crippen LogP contribution in [0.5, 0.6) is 0 Å². The molecule has 2 aliphatic carbocycles. The van der Waals surface area contributed by atoms with Crippen molar-refractivity contribution in [2.45, 2.75) is 57.0 Å². The molecule has 2 saturated heterocycles. The fourth-order valence-corrected chi connectivity index (χ4v) is 5.76. The maximum absolute atomic E-state index is 12.0. The zero-order valence-electron chi connectivity index (χ0n) is 18.7. The van der Waals surface area contributed by atoms with Crippen LogP contribution in [-0.2, 0) is 25.6 Å². The van der Waals surface area contributed by atoms with E-state index < -0.39 is 0 Å². The Balaban J connectivity index is 0.000000186. The van der Waals surface area contributed by atoms with Crippen LogP contribution >= 0.6 is 0 Å². The lowest BCUT2D eigenvalue weighted by molar-refractivity contribution is -0.150. The molecule has 0 spiro atoms. The van der Waals surface area contributed by atoms with Crippen LogP contribution in [0, 0.1) is 29.6 Å². The Morgan fingerprint density at radius 2 is 1.38 bits per heavy atom. The summed E-state index contributed by atoms with van der Waals surface area (Å²) in [6.45, 7) is 2.97. The van der Waals surface area contributed by atoms with Crippen LogP contribution in [0.15, 0.2) is 30.3 Å². The van der Waals surface area contributed by atoms with E-state index in [-0.39, 0.29) is 36.1 Å². The molecule has 5 rings (SSSR count).